The van der Waals surface area contributed by atoms with E-state index in [1.54, 1.807) is 0 Å². The van der Waals surface area contributed by atoms with Gasteiger partial charge in [0.1, 0.15) is 5.78 Å². The number of alkyl halides is 3. The number of rotatable bonds is 4. The van der Waals surface area contributed by atoms with Gasteiger partial charge in [0.15, 0.2) is 0 Å². The highest BCUT2D eigenvalue weighted by atomic mass is 35.5. The summed E-state index contributed by atoms with van der Waals surface area (Å²) in [7, 11) is 0. The Morgan fingerprint density at radius 2 is 1.63 bits per heavy atom. The topological polar surface area (TPSA) is 34.1 Å². The fourth-order valence-corrected chi connectivity index (χ4v) is 2.15. The smallest absolute Gasteiger partial charge is 0.299 e. The van der Waals surface area contributed by atoms with E-state index < -0.39 is 23.7 Å². The van der Waals surface area contributed by atoms with Crippen molar-refractivity contribution in [1.29, 1.82) is 0 Å². The van der Waals surface area contributed by atoms with Crippen LogP contribution in [-0.2, 0) is 16.0 Å². The van der Waals surface area contributed by atoms with Crippen LogP contribution in [0.2, 0.25) is 10.0 Å². The largest absolute Gasteiger partial charge is 0.450 e. The summed E-state index contributed by atoms with van der Waals surface area (Å²) in [4.78, 5) is 22.4. The lowest BCUT2D eigenvalue weighted by Gasteiger charge is -2.15. The van der Waals surface area contributed by atoms with E-state index in [9.17, 15) is 22.8 Å². The third kappa shape index (κ3) is 4.51. The second-order valence-electron chi connectivity index (χ2n) is 4.01. The van der Waals surface area contributed by atoms with Crippen LogP contribution in [0.3, 0.4) is 0 Å². The molecule has 0 bridgehead atoms. The van der Waals surface area contributed by atoms with Gasteiger partial charge in [-0.3, -0.25) is 9.59 Å². The molecule has 0 aliphatic rings. The quantitative estimate of drug-likeness (QED) is 0.791. The first kappa shape index (κ1) is 16.0. The second-order valence-corrected chi connectivity index (χ2v) is 4.88. The molecule has 0 spiro atoms. The highest BCUT2D eigenvalue weighted by Gasteiger charge is 2.44. The predicted molar refractivity (Wildman–Crippen MR) is 65.4 cm³/mol. The molecule has 0 aliphatic carbocycles. The molecule has 0 radical (unpaired) electrons. The molecule has 2 nitrogen and oxygen atoms in total. The van der Waals surface area contributed by atoms with Crippen LogP contribution in [-0.4, -0.2) is 17.7 Å². The third-order valence-corrected chi connectivity index (χ3v) is 2.89. The van der Waals surface area contributed by atoms with Crippen LogP contribution in [0, 0.1) is 5.92 Å². The minimum Gasteiger partial charge on any atom is -0.299 e. The van der Waals surface area contributed by atoms with E-state index in [-0.39, 0.29) is 16.5 Å². The third-order valence-electron chi connectivity index (χ3n) is 2.45. The maximum absolute atomic E-state index is 12.4. The van der Waals surface area contributed by atoms with Gasteiger partial charge in [0.2, 0.25) is 5.78 Å². The van der Waals surface area contributed by atoms with Crippen molar-refractivity contribution in [3.63, 3.8) is 0 Å². The zero-order valence-corrected chi connectivity index (χ0v) is 11.2. The van der Waals surface area contributed by atoms with Crippen molar-refractivity contribution in [2.45, 2.75) is 19.5 Å². The molecule has 7 heteroatoms. The molecule has 0 amide bonds. The number of benzene rings is 1. The molecule has 1 rings (SSSR count). The van der Waals surface area contributed by atoms with Gasteiger partial charge in [0.05, 0.1) is 5.92 Å². The number of hydrogen-bond donors (Lipinski definition) is 0. The molecule has 0 heterocycles. The van der Waals surface area contributed by atoms with Gasteiger partial charge in [-0.2, -0.15) is 13.2 Å². The van der Waals surface area contributed by atoms with Crippen molar-refractivity contribution in [2.75, 3.05) is 0 Å². The summed E-state index contributed by atoms with van der Waals surface area (Å²) < 4.78 is 37.1. The summed E-state index contributed by atoms with van der Waals surface area (Å²) in [6.07, 6.45) is -5.42. The fourth-order valence-electron chi connectivity index (χ4n) is 1.58. The summed E-state index contributed by atoms with van der Waals surface area (Å²) >= 11 is 11.4. The Morgan fingerprint density at radius 1 is 1.16 bits per heavy atom. The minimum atomic E-state index is -5.04. The average molecular weight is 313 g/mol. The minimum absolute atomic E-state index is 0.226. The van der Waals surface area contributed by atoms with E-state index in [2.05, 4.69) is 0 Å². The molecule has 0 N–H and O–H groups in total. The molecule has 19 heavy (non-hydrogen) atoms. The normalized spacial score (nSPS) is 13.2. The van der Waals surface area contributed by atoms with Crippen LogP contribution >= 0.6 is 23.2 Å². The van der Waals surface area contributed by atoms with Gasteiger partial charge in [0.25, 0.3) is 0 Å². The van der Waals surface area contributed by atoms with Crippen molar-refractivity contribution < 1.29 is 22.8 Å². The fraction of sp³-hybridized carbons (Fsp3) is 0.333. The van der Waals surface area contributed by atoms with Gasteiger partial charge in [-0.05, 0) is 37.1 Å². The summed E-state index contributed by atoms with van der Waals surface area (Å²) in [5.41, 5.74) is 0.301. The van der Waals surface area contributed by atoms with Gasteiger partial charge >= 0.3 is 6.18 Å². The number of ketones is 2. The van der Waals surface area contributed by atoms with Crippen LogP contribution in [0.25, 0.3) is 0 Å². The van der Waals surface area contributed by atoms with Gasteiger partial charge in [-0.15, -0.1) is 0 Å². The molecule has 1 aromatic rings. The van der Waals surface area contributed by atoms with E-state index >= 15 is 0 Å². The molecule has 0 aromatic heterocycles. The molecule has 0 aliphatic heterocycles. The maximum Gasteiger partial charge on any atom is 0.450 e. The summed E-state index contributed by atoms with van der Waals surface area (Å²) in [6, 6.07) is 4.14. The first-order valence-corrected chi connectivity index (χ1v) is 5.93. The van der Waals surface area contributed by atoms with Gasteiger partial charge in [-0.25, -0.2) is 0 Å². The Bertz CT molecular complexity index is 492. The van der Waals surface area contributed by atoms with Crippen LogP contribution < -0.4 is 0 Å². The summed E-state index contributed by atoms with van der Waals surface area (Å²) in [6.45, 7) is 0.945. The van der Waals surface area contributed by atoms with Gasteiger partial charge in [0, 0.05) is 10.0 Å². The second kappa shape index (κ2) is 5.92. The summed E-state index contributed by atoms with van der Waals surface area (Å²) in [5, 5.41) is 0.452. The van der Waals surface area contributed by atoms with E-state index in [0.29, 0.717) is 5.56 Å². The lowest BCUT2D eigenvalue weighted by atomic mass is 9.91. The Labute approximate surface area is 117 Å². The molecule has 1 atom stereocenters. The number of hydrogen-bond acceptors (Lipinski definition) is 2. The lowest BCUT2D eigenvalue weighted by molar-refractivity contribution is -0.176. The molecule has 0 saturated carbocycles. The summed E-state index contributed by atoms with van der Waals surface area (Å²) in [5.74, 6) is -4.68. The number of carbonyl (C=O) groups is 2. The molecule has 1 unspecified atom stereocenters. The Morgan fingerprint density at radius 3 is 2.00 bits per heavy atom. The Balaban J connectivity index is 3.03. The molecule has 104 valence electrons. The van der Waals surface area contributed by atoms with E-state index in [1.807, 2.05) is 0 Å². The van der Waals surface area contributed by atoms with Crippen LogP contribution in [0.5, 0.6) is 0 Å². The van der Waals surface area contributed by atoms with E-state index in [1.165, 1.54) is 18.2 Å². The van der Waals surface area contributed by atoms with Gasteiger partial charge < -0.3 is 0 Å². The zero-order chi connectivity index (χ0) is 14.8. The molecule has 1 aromatic carbocycles. The van der Waals surface area contributed by atoms with Crippen molar-refractivity contribution in [3.8, 4) is 0 Å². The number of carbonyl (C=O) groups excluding carboxylic acids is 2. The lowest BCUT2D eigenvalue weighted by Crippen LogP contribution is -2.35. The predicted octanol–water partition coefficient (Wildman–Crippen LogP) is 3.87. The Kier molecular flexibility index (Phi) is 4.98. The highest BCUT2D eigenvalue weighted by molar-refractivity contribution is 6.34. The molecular weight excluding hydrogens is 304 g/mol. The first-order valence-electron chi connectivity index (χ1n) is 5.17. The van der Waals surface area contributed by atoms with Crippen LogP contribution in [0.4, 0.5) is 13.2 Å². The molecular formula is C12H9Cl2F3O2. The van der Waals surface area contributed by atoms with Crippen molar-refractivity contribution in [1.82, 2.24) is 0 Å². The van der Waals surface area contributed by atoms with Crippen molar-refractivity contribution >= 4 is 34.8 Å². The molecule has 0 saturated heterocycles. The van der Waals surface area contributed by atoms with E-state index in [4.69, 9.17) is 23.2 Å². The van der Waals surface area contributed by atoms with Crippen molar-refractivity contribution in [3.05, 3.63) is 33.8 Å². The monoisotopic (exact) mass is 312 g/mol. The van der Waals surface area contributed by atoms with Crippen LogP contribution in [0.15, 0.2) is 18.2 Å². The standard InChI is InChI=1S/C12H9Cl2F3O2/c1-6(18)10(11(19)12(15,16)17)4-7-2-8(13)5-9(14)3-7/h2-3,5,10H,4H2,1H3. The maximum atomic E-state index is 12.4. The van der Waals surface area contributed by atoms with Crippen molar-refractivity contribution in [2.24, 2.45) is 5.92 Å². The van der Waals surface area contributed by atoms with E-state index in [0.717, 1.165) is 6.92 Å². The Hall–Kier alpha value is -1.07. The first-order chi connectivity index (χ1) is 8.61. The zero-order valence-electron chi connectivity index (χ0n) is 9.72. The molecule has 0 fully saturated rings. The van der Waals surface area contributed by atoms with Gasteiger partial charge in [-0.1, -0.05) is 23.2 Å². The number of halogens is 5. The highest BCUT2D eigenvalue weighted by Crippen LogP contribution is 2.26. The average Bonchev–Trinajstić information content (AvgIpc) is 2.21. The SMILES string of the molecule is CC(=O)C(Cc1cc(Cl)cc(Cl)c1)C(=O)C(F)(F)F. The van der Waals surface area contributed by atoms with Crippen LogP contribution in [0.1, 0.15) is 12.5 Å². The number of Topliss-reactive ketones (excluding diaryl/α,β-unsaturated/α-hetero) is 2.